The molecule has 1 amide bonds. The summed E-state index contributed by atoms with van der Waals surface area (Å²) in [5.41, 5.74) is 6.73. The van der Waals surface area contributed by atoms with Crippen LogP contribution < -0.4 is 11.1 Å². The van der Waals surface area contributed by atoms with Crippen LogP contribution in [0, 0.1) is 5.41 Å². The number of hydrogen-bond acceptors (Lipinski definition) is 3. The highest BCUT2D eigenvalue weighted by Gasteiger charge is 2.48. The molecular formula is C15H21N3O2. The normalized spacial score (nSPS) is 17.6. The molecule has 1 aliphatic rings. The third kappa shape index (κ3) is 2.35. The van der Waals surface area contributed by atoms with Gasteiger partial charge in [0.25, 0.3) is 0 Å². The number of anilines is 1. The molecule has 1 aromatic carbocycles. The topological polar surface area (TPSA) is 87.7 Å². The van der Waals surface area contributed by atoms with Crippen LogP contribution in [0.15, 0.2) is 29.4 Å². The number of nitrogens with one attached hydrogen (secondary N) is 1. The summed E-state index contributed by atoms with van der Waals surface area (Å²) in [5.74, 6) is 0.128. The maximum absolute atomic E-state index is 12.5. The first-order chi connectivity index (χ1) is 9.51. The van der Waals surface area contributed by atoms with E-state index in [4.69, 9.17) is 10.9 Å². The van der Waals surface area contributed by atoms with E-state index in [1.165, 1.54) is 0 Å². The zero-order chi connectivity index (χ0) is 14.8. The number of oxime groups is 1. The van der Waals surface area contributed by atoms with Gasteiger partial charge in [0.15, 0.2) is 5.84 Å². The summed E-state index contributed by atoms with van der Waals surface area (Å²) in [6.07, 6.45) is 2.16. The van der Waals surface area contributed by atoms with Crippen LogP contribution in [-0.4, -0.2) is 17.0 Å². The van der Waals surface area contributed by atoms with Crippen LogP contribution >= 0.6 is 0 Å². The quantitative estimate of drug-likeness (QED) is 0.341. The van der Waals surface area contributed by atoms with Gasteiger partial charge in [-0.25, -0.2) is 0 Å². The molecule has 0 saturated heterocycles. The molecule has 0 radical (unpaired) electrons. The molecule has 0 spiro atoms. The highest BCUT2D eigenvalue weighted by molar-refractivity contribution is 6.12. The van der Waals surface area contributed by atoms with E-state index in [0.29, 0.717) is 18.8 Å². The molecule has 108 valence electrons. The zero-order valence-electron chi connectivity index (χ0n) is 11.9. The number of amides is 1. The fourth-order valence-electron chi connectivity index (χ4n) is 2.58. The van der Waals surface area contributed by atoms with Gasteiger partial charge in [-0.05, 0) is 30.4 Å². The summed E-state index contributed by atoms with van der Waals surface area (Å²) in [6.45, 7) is 4.15. The number of rotatable bonds is 4. The van der Waals surface area contributed by atoms with Crippen molar-refractivity contribution >= 4 is 17.4 Å². The third-order valence-electron chi connectivity index (χ3n) is 4.07. The predicted octanol–water partition coefficient (Wildman–Crippen LogP) is 2.67. The van der Waals surface area contributed by atoms with Crippen LogP contribution in [0.5, 0.6) is 0 Å². The Hall–Kier alpha value is -2.04. The second-order valence-corrected chi connectivity index (χ2v) is 5.62. The minimum absolute atomic E-state index is 0.00304. The molecule has 1 aliphatic carbocycles. The van der Waals surface area contributed by atoms with Crippen LogP contribution in [0.4, 0.5) is 5.69 Å². The summed E-state index contributed by atoms with van der Waals surface area (Å²) in [4.78, 5) is 12.5. The number of nitrogens with two attached hydrogens (primary N) is 1. The van der Waals surface area contributed by atoms with E-state index >= 15 is 0 Å². The molecule has 0 aromatic heterocycles. The van der Waals surface area contributed by atoms with Gasteiger partial charge in [-0.1, -0.05) is 43.6 Å². The molecule has 0 aliphatic heterocycles. The monoisotopic (exact) mass is 275 g/mol. The predicted molar refractivity (Wildman–Crippen MR) is 78.9 cm³/mol. The van der Waals surface area contributed by atoms with Crippen molar-refractivity contribution in [2.45, 2.75) is 39.0 Å². The van der Waals surface area contributed by atoms with Gasteiger partial charge >= 0.3 is 0 Å². The largest absolute Gasteiger partial charge is 0.409 e. The van der Waals surface area contributed by atoms with Gasteiger partial charge in [0, 0.05) is 5.69 Å². The number of para-hydroxylation sites is 1. The van der Waals surface area contributed by atoms with Crippen LogP contribution in [0.1, 0.15) is 44.6 Å². The molecule has 1 saturated carbocycles. The maximum atomic E-state index is 12.5. The Morgan fingerprint density at radius 2 is 2.05 bits per heavy atom. The van der Waals surface area contributed by atoms with Gasteiger partial charge in [-0.15, -0.1) is 0 Å². The lowest BCUT2D eigenvalue weighted by atomic mass is 9.67. The van der Waals surface area contributed by atoms with Gasteiger partial charge in [-0.3, -0.25) is 4.79 Å². The number of benzene rings is 1. The second-order valence-electron chi connectivity index (χ2n) is 5.62. The van der Waals surface area contributed by atoms with Crippen molar-refractivity contribution in [1.29, 1.82) is 0 Å². The molecule has 2 rings (SSSR count). The Balaban J connectivity index is 2.24. The Bertz CT molecular complexity index is 534. The number of carbonyl (C=O) groups excluding carboxylic acids is 1. The molecule has 5 heteroatoms. The van der Waals surface area contributed by atoms with E-state index in [2.05, 4.69) is 24.3 Å². The lowest BCUT2D eigenvalue weighted by molar-refractivity contribution is -0.125. The fraction of sp³-hybridized carbons (Fsp3) is 0.467. The summed E-state index contributed by atoms with van der Waals surface area (Å²) in [7, 11) is 0. The molecule has 0 unspecified atom stereocenters. The van der Waals surface area contributed by atoms with E-state index in [0.717, 1.165) is 17.7 Å². The van der Waals surface area contributed by atoms with Crippen LogP contribution in [0.25, 0.3) is 0 Å². The van der Waals surface area contributed by atoms with Crippen molar-refractivity contribution in [1.82, 2.24) is 0 Å². The highest BCUT2D eigenvalue weighted by atomic mass is 16.4. The van der Waals surface area contributed by atoms with E-state index in [9.17, 15) is 4.79 Å². The summed E-state index contributed by atoms with van der Waals surface area (Å²) in [5, 5.41) is 14.9. The van der Waals surface area contributed by atoms with E-state index in [1.807, 2.05) is 24.3 Å². The summed E-state index contributed by atoms with van der Waals surface area (Å²) < 4.78 is 0. The minimum atomic E-state index is -0.848. The molecule has 1 aromatic rings. The Morgan fingerprint density at radius 1 is 1.40 bits per heavy atom. The Morgan fingerprint density at radius 3 is 2.55 bits per heavy atom. The van der Waals surface area contributed by atoms with Gasteiger partial charge in [-0.2, -0.15) is 0 Å². The van der Waals surface area contributed by atoms with E-state index in [1.54, 1.807) is 0 Å². The SMILES string of the molecule is CC(C)c1ccccc1NC(=O)C1(/C(N)=N/O)CCC1. The maximum Gasteiger partial charge on any atom is 0.238 e. The highest BCUT2D eigenvalue weighted by Crippen LogP contribution is 2.42. The lowest BCUT2D eigenvalue weighted by Gasteiger charge is -2.38. The van der Waals surface area contributed by atoms with Gasteiger partial charge < -0.3 is 16.3 Å². The van der Waals surface area contributed by atoms with E-state index in [-0.39, 0.29) is 11.7 Å². The number of amidine groups is 1. The van der Waals surface area contributed by atoms with Crippen molar-refractivity contribution in [3.8, 4) is 0 Å². The standard InChI is InChI=1S/C15H21N3O2/c1-10(2)11-6-3-4-7-12(11)17-14(19)15(8-5-9-15)13(16)18-20/h3-4,6-7,10,20H,5,8-9H2,1-2H3,(H2,16,18)(H,17,19). The molecule has 0 atom stereocenters. The Labute approximate surface area is 118 Å². The first-order valence-corrected chi connectivity index (χ1v) is 6.89. The van der Waals surface area contributed by atoms with Gasteiger partial charge in [0.05, 0.1) is 0 Å². The number of carbonyl (C=O) groups is 1. The molecule has 20 heavy (non-hydrogen) atoms. The van der Waals surface area contributed by atoms with Crippen molar-refractivity contribution < 1.29 is 10.0 Å². The second kappa shape index (κ2) is 5.53. The van der Waals surface area contributed by atoms with Gasteiger partial charge in [0.2, 0.25) is 5.91 Å². The minimum Gasteiger partial charge on any atom is -0.409 e. The van der Waals surface area contributed by atoms with Crippen molar-refractivity contribution in [3.05, 3.63) is 29.8 Å². The van der Waals surface area contributed by atoms with Crippen molar-refractivity contribution in [2.75, 3.05) is 5.32 Å². The molecule has 5 nitrogen and oxygen atoms in total. The number of nitrogens with zero attached hydrogens (tertiary/aromatic N) is 1. The van der Waals surface area contributed by atoms with E-state index < -0.39 is 5.41 Å². The zero-order valence-corrected chi connectivity index (χ0v) is 11.9. The fourth-order valence-corrected chi connectivity index (χ4v) is 2.58. The molecule has 0 heterocycles. The Kier molecular flexibility index (Phi) is 3.97. The lowest BCUT2D eigenvalue weighted by Crippen LogP contribution is -2.51. The molecular weight excluding hydrogens is 254 g/mol. The van der Waals surface area contributed by atoms with Crippen LogP contribution in [0.2, 0.25) is 0 Å². The smallest absolute Gasteiger partial charge is 0.238 e. The third-order valence-corrected chi connectivity index (χ3v) is 4.07. The molecule has 1 fully saturated rings. The van der Waals surface area contributed by atoms with Crippen LogP contribution in [-0.2, 0) is 4.79 Å². The first-order valence-electron chi connectivity index (χ1n) is 6.89. The van der Waals surface area contributed by atoms with Gasteiger partial charge in [0.1, 0.15) is 5.41 Å². The molecule has 0 bridgehead atoms. The summed E-state index contributed by atoms with van der Waals surface area (Å²) >= 11 is 0. The average molecular weight is 275 g/mol. The number of hydrogen-bond donors (Lipinski definition) is 3. The van der Waals surface area contributed by atoms with Crippen molar-refractivity contribution in [2.24, 2.45) is 16.3 Å². The van der Waals surface area contributed by atoms with Crippen LogP contribution in [0.3, 0.4) is 0 Å². The first kappa shape index (κ1) is 14.4. The molecule has 4 N–H and O–H groups in total. The summed E-state index contributed by atoms with van der Waals surface area (Å²) in [6, 6.07) is 7.72. The van der Waals surface area contributed by atoms with Crippen molar-refractivity contribution in [3.63, 3.8) is 0 Å². The average Bonchev–Trinajstić information content (AvgIpc) is 2.37.